The van der Waals surface area contributed by atoms with Gasteiger partial charge in [0.1, 0.15) is 5.52 Å². The zero-order chi connectivity index (χ0) is 12.4. The van der Waals surface area contributed by atoms with E-state index in [1.54, 1.807) is 0 Å². The van der Waals surface area contributed by atoms with Crippen molar-refractivity contribution in [2.75, 3.05) is 5.32 Å². The molecule has 5 nitrogen and oxygen atoms in total. The number of para-hydroxylation sites is 1. The molecule has 0 atom stereocenters. The number of rotatable bonds is 2. The van der Waals surface area contributed by atoms with Crippen LogP contribution in [0.25, 0.3) is 11.0 Å². The lowest BCUT2D eigenvalue weighted by Crippen LogP contribution is -2.33. The van der Waals surface area contributed by atoms with E-state index in [0.717, 1.165) is 36.7 Å². The van der Waals surface area contributed by atoms with Crippen molar-refractivity contribution in [1.82, 2.24) is 15.2 Å². The molecule has 0 saturated heterocycles. The van der Waals surface area contributed by atoms with Crippen LogP contribution in [0.4, 0.5) is 5.95 Å². The molecule has 1 fully saturated rings. The second-order valence-corrected chi connectivity index (χ2v) is 4.88. The van der Waals surface area contributed by atoms with Gasteiger partial charge in [-0.25, -0.2) is 4.98 Å². The van der Waals surface area contributed by atoms with Crippen molar-refractivity contribution in [3.8, 4) is 0 Å². The Kier molecular flexibility index (Phi) is 3.06. The minimum absolute atomic E-state index is 0.360. The Morgan fingerprint density at radius 1 is 1.00 bits per heavy atom. The summed E-state index contributed by atoms with van der Waals surface area (Å²) in [5.74, 6) is 0.620. The summed E-state index contributed by atoms with van der Waals surface area (Å²) in [6.45, 7) is 0. The van der Waals surface area contributed by atoms with E-state index in [4.69, 9.17) is 5.73 Å². The molecule has 1 saturated carbocycles. The lowest BCUT2D eigenvalue weighted by molar-refractivity contribution is 0.409. The third-order valence-corrected chi connectivity index (χ3v) is 3.47. The van der Waals surface area contributed by atoms with Crippen LogP contribution in [0.5, 0.6) is 0 Å². The van der Waals surface area contributed by atoms with Crippen LogP contribution in [0, 0.1) is 0 Å². The van der Waals surface area contributed by atoms with E-state index >= 15 is 0 Å². The van der Waals surface area contributed by atoms with Crippen LogP contribution in [0.3, 0.4) is 0 Å². The molecule has 3 N–H and O–H groups in total. The number of benzene rings is 1. The predicted octanol–water partition coefficient (Wildman–Crippen LogP) is 1.71. The van der Waals surface area contributed by atoms with Gasteiger partial charge in [0.25, 0.3) is 0 Å². The quantitative estimate of drug-likeness (QED) is 0.839. The van der Waals surface area contributed by atoms with Crippen LogP contribution < -0.4 is 11.1 Å². The highest BCUT2D eigenvalue weighted by Crippen LogP contribution is 2.20. The number of fused-ring (bicyclic) bond motifs is 1. The van der Waals surface area contributed by atoms with Crippen molar-refractivity contribution in [2.45, 2.75) is 37.8 Å². The standard InChI is InChI=1S/C13H17N5/c14-9-5-7-10(8-6-9)15-13-16-11-3-1-2-4-12(11)17-18-13/h1-4,9-10H,5-8,14H2,(H,15,16,18). The molecule has 0 unspecified atom stereocenters. The highest BCUT2D eigenvalue weighted by molar-refractivity contribution is 5.74. The Bertz CT molecular complexity index is 534. The maximum absolute atomic E-state index is 5.89. The van der Waals surface area contributed by atoms with Gasteiger partial charge in [-0.05, 0) is 37.8 Å². The van der Waals surface area contributed by atoms with Crippen LogP contribution >= 0.6 is 0 Å². The number of aromatic nitrogens is 3. The van der Waals surface area contributed by atoms with Crippen molar-refractivity contribution in [3.63, 3.8) is 0 Å². The van der Waals surface area contributed by atoms with E-state index in [0.29, 0.717) is 18.0 Å². The van der Waals surface area contributed by atoms with Crippen LogP contribution in [0.2, 0.25) is 0 Å². The Labute approximate surface area is 106 Å². The number of hydrogen-bond acceptors (Lipinski definition) is 5. The SMILES string of the molecule is NC1CCC(Nc2nnc3ccccc3n2)CC1. The Morgan fingerprint density at radius 3 is 2.50 bits per heavy atom. The predicted molar refractivity (Wildman–Crippen MR) is 71.2 cm³/mol. The Hall–Kier alpha value is -1.75. The second-order valence-electron chi connectivity index (χ2n) is 4.88. The largest absolute Gasteiger partial charge is 0.350 e. The molecule has 0 spiro atoms. The van der Waals surface area contributed by atoms with Gasteiger partial charge in [-0.2, -0.15) is 0 Å². The van der Waals surface area contributed by atoms with Gasteiger partial charge in [0.05, 0.1) is 5.52 Å². The van der Waals surface area contributed by atoms with Crippen molar-refractivity contribution in [2.24, 2.45) is 5.73 Å². The molecular weight excluding hydrogens is 226 g/mol. The van der Waals surface area contributed by atoms with Crippen molar-refractivity contribution < 1.29 is 0 Å². The van der Waals surface area contributed by atoms with Gasteiger partial charge in [-0.15, -0.1) is 10.2 Å². The van der Waals surface area contributed by atoms with E-state index < -0.39 is 0 Å². The smallest absolute Gasteiger partial charge is 0.243 e. The van der Waals surface area contributed by atoms with Crippen LogP contribution in [-0.4, -0.2) is 27.3 Å². The number of nitrogens with one attached hydrogen (secondary N) is 1. The first kappa shape index (κ1) is 11.3. The molecule has 3 rings (SSSR count). The molecule has 2 aromatic rings. The minimum Gasteiger partial charge on any atom is -0.350 e. The Morgan fingerprint density at radius 2 is 1.72 bits per heavy atom. The van der Waals surface area contributed by atoms with E-state index in [9.17, 15) is 0 Å². The molecule has 0 radical (unpaired) electrons. The zero-order valence-electron chi connectivity index (χ0n) is 10.2. The molecule has 1 heterocycles. The fraction of sp³-hybridized carbons (Fsp3) is 0.462. The maximum atomic E-state index is 5.89. The van der Waals surface area contributed by atoms with E-state index in [1.165, 1.54) is 0 Å². The Balaban J connectivity index is 1.74. The first-order valence-electron chi connectivity index (χ1n) is 6.43. The average Bonchev–Trinajstić information content (AvgIpc) is 2.41. The summed E-state index contributed by atoms with van der Waals surface area (Å²) in [7, 11) is 0. The van der Waals surface area contributed by atoms with Crippen molar-refractivity contribution >= 4 is 17.0 Å². The number of nitrogens with two attached hydrogens (primary N) is 1. The molecule has 94 valence electrons. The monoisotopic (exact) mass is 243 g/mol. The summed E-state index contributed by atoms with van der Waals surface area (Å²) in [5.41, 5.74) is 7.60. The normalized spacial score (nSPS) is 24.1. The number of hydrogen-bond donors (Lipinski definition) is 2. The fourth-order valence-corrected chi connectivity index (χ4v) is 2.39. The van der Waals surface area contributed by atoms with E-state index in [1.807, 2.05) is 24.3 Å². The topological polar surface area (TPSA) is 76.7 Å². The molecule has 0 aliphatic heterocycles. The molecule has 1 aliphatic carbocycles. The first-order valence-corrected chi connectivity index (χ1v) is 6.43. The summed E-state index contributed by atoms with van der Waals surface area (Å²) in [6.07, 6.45) is 4.30. The van der Waals surface area contributed by atoms with Gasteiger partial charge in [0.2, 0.25) is 5.95 Å². The third-order valence-electron chi connectivity index (χ3n) is 3.47. The lowest BCUT2D eigenvalue weighted by Gasteiger charge is -2.26. The highest BCUT2D eigenvalue weighted by Gasteiger charge is 2.19. The molecule has 1 aromatic carbocycles. The summed E-state index contributed by atoms with van der Waals surface area (Å²) < 4.78 is 0. The highest BCUT2D eigenvalue weighted by atomic mass is 15.2. The summed E-state index contributed by atoms with van der Waals surface area (Å²) >= 11 is 0. The van der Waals surface area contributed by atoms with Gasteiger partial charge in [-0.3, -0.25) is 0 Å². The van der Waals surface area contributed by atoms with Gasteiger partial charge in [0, 0.05) is 12.1 Å². The summed E-state index contributed by atoms with van der Waals surface area (Å²) in [6, 6.07) is 8.55. The molecule has 1 aliphatic rings. The minimum atomic E-state index is 0.360. The number of anilines is 1. The zero-order valence-corrected chi connectivity index (χ0v) is 10.2. The molecule has 1 aromatic heterocycles. The molecule has 0 bridgehead atoms. The molecule has 5 heteroatoms. The third kappa shape index (κ3) is 2.41. The van der Waals surface area contributed by atoms with Gasteiger partial charge in [0.15, 0.2) is 0 Å². The molecular formula is C13H17N5. The van der Waals surface area contributed by atoms with Crippen molar-refractivity contribution in [3.05, 3.63) is 24.3 Å². The van der Waals surface area contributed by atoms with Gasteiger partial charge >= 0.3 is 0 Å². The van der Waals surface area contributed by atoms with E-state index in [-0.39, 0.29) is 0 Å². The van der Waals surface area contributed by atoms with Crippen LogP contribution in [-0.2, 0) is 0 Å². The average molecular weight is 243 g/mol. The lowest BCUT2D eigenvalue weighted by atomic mass is 9.92. The van der Waals surface area contributed by atoms with Crippen molar-refractivity contribution in [1.29, 1.82) is 0 Å². The molecule has 0 amide bonds. The van der Waals surface area contributed by atoms with Crippen LogP contribution in [0.15, 0.2) is 24.3 Å². The number of nitrogens with zero attached hydrogens (tertiary/aromatic N) is 3. The first-order chi connectivity index (χ1) is 8.81. The van der Waals surface area contributed by atoms with Gasteiger partial charge in [-0.1, -0.05) is 12.1 Å². The maximum Gasteiger partial charge on any atom is 0.243 e. The second kappa shape index (κ2) is 4.86. The fourth-order valence-electron chi connectivity index (χ4n) is 2.39. The van der Waals surface area contributed by atoms with Crippen LogP contribution in [0.1, 0.15) is 25.7 Å². The van der Waals surface area contributed by atoms with E-state index in [2.05, 4.69) is 20.5 Å². The van der Waals surface area contributed by atoms with Gasteiger partial charge < -0.3 is 11.1 Å². The summed E-state index contributed by atoms with van der Waals surface area (Å²) in [4.78, 5) is 4.47. The molecule has 18 heavy (non-hydrogen) atoms. The summed E-state index contributed by atoms with van der Waals surface area (Å²) in [5, 5.41) is 11.6.